The van der Waals surface area contributed by atoms with E-state index in [-0.39, 0.29) is 7.43 Å². The van der Waals surface area contributed by atoms with E-state index >= 15 is 0 Å². The number of aldehydes is 1. The zero-order valence-corrected chi connectivity index (χ0v) is 6.68. The predicted molar refractivity (Wildman–Crippen MR) is 57.4 cm³/mol. The van der Waals surface area contributed by atoms with Gasteiger partial charge in [-0.25, -0.2) is 0 Å². The molecule has 0 heterocycles. The van der Waals surface area contributed by atoms with Gasteiger partial charge in [0, 0.05) is 0 Å². The van der Waals surface area contributed by atoms with E-state index < -0.39 is 0 Å². The van der Waals surface area contributed by atoms with Crippen LogP contribution in [0.3, 0.4) is 0 Å². The lowest BCUT2D eigenvalue weighted by Crippen LogP contribution is -1.66. The van der Waals surface area contributed by atoms with Gasteiger partial charge in [-0.05, 0) is 11.6 Å². The van der Waals surface area contributed by atoms with Crippen LogP contribution in [0.25, 0.3) is 6.08 Å². The maximum absolute atomic E-state index is 9.90. The zero-order chi connectivity index (χ0) is 8.65. The molecule has 0 amide bonds. The van der Waals surface area contributed by atoms with Gasteiger partial charge in [-0.3, -0.25) is 4.79 Å². The second-order valence-corrected chi connectivity index (χ2v) is 2.29. The van der Waals surface area contributed by atoms with E-state index in [0.29, 0.717) is 0 Å². The fraction of sp³-hybridized carbons (Fsp3) is 0.0833. The van der Waals surface area contributed by atoms with Crippen molar-refractivity contribution in [3.63, 3.8) is 0 Å². The summed E-state index contributed by atoms with van der Waals surface area (Å²) < 4.78 is 0. The average Bonchev–Trinajstić information content (AvgIpc) is 2.14. The molecule has 0 N–H and O–H groups in total. The average molecular weight is 174 g/mol. The minimum absolute atomic E-state index is 0. The van der Waals surface area contributed by atoms with E-state index in [0.717, 1.165) is 11.8 Å². The molecule has 0 fully saturated rings. The molecule has 0 radical (unpaired) electrons. The molecule has 0 unspecified atom stereocenters. The molecule has 0 atom stereocenters. The van der Waals surface area contributed by atoms with Crippen LogP contribution in [-0.4, -0.2) is 6.29 Å². The van der Waals surface area contributed by atoms with Crippen LogP contribution in [0.15, 0.2) is 48.6 Å². The second kappa shape index (κ2) is 7.04. The summed E-state index contributed by atoms with van der Waals surface area (Å²) >= 11 is 0. The monoisotopic (exact) mass is 174 g/mol. The molecule has 1 aromatic carbocycles. The van der Waals surface area contributed by atoms with Gasteiger partial charge in [0.05, 0.1) is 0 Å². The lowest BCUT2D eigenvalue weighted by molar-refractivity contribution is -0.104. The van der Waals surface area contributed by atoms with Crippen molar-refractivity contribution in [3.8, 4) is 0 Å². The molecule has 1 nitrogen and oxygen atoms in total. The largest absolute Gasteiger partial charge is 0.299 e. The van der Waals surface area contributed by atoms with Crippen molar-refractivity contribution in [3.05, 3.63) is 54.1 Å². The summed E-state index contributed by atoms with van der Waals surface area (Å²) in [5.41, 5.74) is 1.13. The van der Waals surface area contributed by atoms with Crippen molar-refractivity contribution in [1.82, 2.24) is 0 Å². The van der Waals surface area contributed by atoms with Gasteiger partial charge in [0.2, 0.25) is 0 Å². The van der Waals surface area contributed by atoms with Crippen LogP contribution < -0.4 is 0 Å². The molecular formula is C12H14O. The number of hydrogen-bond donors (Lipinski definition) is 0. The first-order valence-corrected chi connectivity index (χ1v) is 3.77. The van der Waals surface area contributed by atoms with Crippen LogP contribution in [0.1, 0.15) is 13.0 Å². The highest BCUT2D eigenvalue weighted by molar-refractivity contribution is 5.66. The van der Waals surface area contributed by atoms with Crippen molar-refractivity contribution < 1.29 is 4.79 Å². The standard InChI is InChI=1S/C11H10O.CH4/c12-10-6-2-5-9-11-7-3-1-4-8-11;/h1-10H;1H4/b6-2+,9-5+;. The second-order valence-electron chi connectivity index (χ2n) is 2.29. The normalized spacial score (nSPS) is 10.2. The molecule has 0 saturated carbocycles. The Morgan fingerprint density at radius 2 is 1.62 bits per heavy atom. The highest BCUT2D eigenvalue weighted by Crippen LogP contribution is 2.00. The van der Waals surface area contributed by atoms with Crippen LogP contribution >= 0.6 is 0 Å². The maximum Gasteiger partial charge on any atom is 0.142 e. The summed E-state index contributed by atoms with van der Waals surface area (Å²) in [4.78, 5) is 9.90. The molecule has 0 bridgehead atoms. The number of allylic oxidation sites excluding steroid dienone is 3. The minimum atomic E-state index is 0. The quantitative estimate of drug-likeness (QED) is 0.391. The summed E-state index contributed by atoms with van der Waals surface area (Å²) in [6.07, 6.45) is 7.71. The van der Waals surface area contributed by atoms with Gasteiger partial charge in [-0.2, -0.15) is 0 Å². The summed E-state index contributed by atoms with van der Waals surface area (Å²) in [7, 11) is 0. The number of carbonyl (C=O) groups is 1. The molecule has 0 saturated heterocycles. The third-order valence-corrected chi connectivity index (χ3v) is 1.39. The Kier molecular flexibility index (Phi) is 6.16. The van der Waals surface area contributed by atoms with Crippen molar-refractivity contribution in [2.75, 3.05) is 0 Å². The summed E-state index contributed by atoms with van der Waals surface area (Å²) in [5, 5.41) is 0. The zero-order valence-electron chi connectivity index (χ0n) is 6.68. The van der Waals surface area contributed by atoms with Crippen LogP contribution in [0.5, 0.6) is 0 Å². The van der Waals surface area contributed by atoms with E-state index in [1.165, 1.54) is 6.08 Å². The van der Waals surface area contributed by atoms with Crippen molar-refractivity contribution in [2.45, 2.75) is 7.43 Å². The van der Waals surface area contributed by atoms with Gasteiger partial charge < -0.3 is 0 Å². The molecule has 0 aromatic heterocycles. The van der Waals surface area contributed by atoms with Crippen LogP contribution in [0.2, 0.25) is 0 Å². The number of carbonyl (C=O) groups excluding carboxylic acids is 1. The van der Waals surface area contributed by atoms with Gasteiger partial charge in [-0.1, -0.05) is 56.0 Å². The van der Waals surface area contributed by atoms with E-state index in [2.05, 4.69) is 0 Å². The highest BCUT2D eigenvalue weighted by atomic mass is 16.1. The Morgan fingerprint density at radius 3 is 2.23 bits per heavy atom. The molecule has 13 heavy (non-hydrogen) atoms. The van der Waals surface area contributed by atoms with Gasteiger partial charge in [0.15, 0.2) is 0 Å². The van der Waals surface area contributed by atoms with E-state index in [1.54, 1.807) is 6.08 Å². The molecule has 68 valence electrons. The first-order valence-electron chi connectivity index (χ1n) is 3.77. The first kappa shape index (κ1) is 11.4. The van der Waals surface area contributed by atoms with E-state index in [4.69, 9.17) is 0 Å². The Bertz CT molecular complexity index is 283. The van der Waals surface area contributed by atoms with Crippen LogP contribution in [-0.2, 0) is 4.79 Å². The molecule has 0 aliphatic carbocycles. The third kappa shape index (κ3) is 4.75. The SMILES string of the molecule is C.O=C/C=C/C=C/c1ccccc1. The van der Waals surface area contributed by atoms with E-state index in [1.807, 2.05) is 42.5 Å². The lowest BCUT2D eigenvalue weighted by atomic mass is 10.2. The Balaban J connectivity index is 0.00000144. The first-order chi connectivity index (χ1) is 5.93. The van der Waals surface area contributed by atoms with Crippen LogP contribution in [0, 0.1) is 0 Å². The maximum atomic E-state index is 9.90. The Hall–Kier alpha value is -1.63. The number of hydrogen-bond acceptors (Lipinski definition) is 1. The summed E-state index contributed by atoms with van der Waals surface area (Å²) in [5.74, 6) is 0. The van der Waals surface area contributed by atoms with Crippen molar-refractivity contribution in [2.24, 2.45) is 0 Å². The fourth-order valence-corrected chi connectivity index (χ4v) is 0.840. The lowest BCUT2D eigenvalue weighted by Gasteiger charge is -1.87. The topological polar surface area (TPSA) is 17.1 Å². The van der Waals surface area contributed by atoms with Gasteiger partial charge in [0.25, 0.3) is 0 Å². The molecule has 1 heteroatoms. The van der Waals surface area contributed by atoms with Gasteiger partial charge in [-0.15, -0.1) is 0 Å². The molecule has 0 aliphatic rings. The smallest absolute Gasteiger partial charge is 0.142 e. The molecule has 1 rings (SSSR count). The summed E-state index contributed by atoms with van der Waals surface area (Å²) in [6, 6.07) is 9.93. The van der Waals surface area contributed by atoms with Gasteiger partial charge >= 0.3 is 0 Å². The number of rotatable bonds is 3. The minimum Gasteiger partial charge on any atom is -0.299 e. The summed E-state index contributed by atoms with van der Waals surface area (Å²) in [6.45, 7) is 0. The van der Waals surface area contributed by atoms with E-state index in [9.17, 15) is 4.79 Å². The fourth-order valence-electron chi connectivity index (χ4n) is 0.840. The molecule has 1 aromatic rings. The third-order valence-electron chi connectivity index (χ3n) is 1.39. The molecule has 0 aliphatic heterocycles. The van der Waals surface area contributed by atoms with Crippen molar-refractivity contribution >= 4 is 12.4 Å². The van der Waals surface area contributed by atoms with Gasteiger partial charge in [0.1, 0.15) is 6.29 Å². The van der Waals surface area contributed by atoms with Crippen molar-refractivity contribution in [1.29, 1.82) is 0 Å². The Labute approximate surface area is 79.4 Å². The molecular weight excluding hydrogens is 160 g/mol. The molecule has 0 spiro atoms. The predicted octanol–water partition coefficient (Wildman–Crippen LogP) is 3.09. The van der Waals surface area contributed by atoms with Crippen LogP contribution in [0.4, 0.5) is 0 Å². The highest BCUT2D eigenvalue weighted by Gasteiger charge is 1.78. The Morgan fingerprint density at radius 1 is 0.923 bits per heavy atom. The number of benzene rings is 1.